The van der Waals surface area contributed by atoms with Gasteiger partial charge in [0.2, 0.25) is 5.95 Å². The molecule has 166 valence electrons. The minimum absolute atomic E-state index is 0.0815. The lowest BCUT2D eigenvalue weighted by Crippen LogP contribution is -2.35. The fraction of sp³-hybridized carbons (Fsp3) is 0.346. The van der Waals surface area contributed by atoms with E-state index in [1.807, 2.05) is 38.1 Å². The van der Waals surface area contributed by atoms with Gasteiger partial charge in [0.25, 0.3) is 0 Å². The highest BCUT2D eigenvalue weighted by atomic mass is 16.5. The van der Waals surface area contributed by atoms with Gasteiger partial charge in [-0.1, -0.05) is 42.5 Å². The number of benzene rings is 2. The maximum absolute atomic E-state index is 11.7. The van der Waals surface area contributed by atoms with E-state index >= 15 is 0 Å². The number of nitrogens with zero attached hydrogens (tertiary/aromatic N) is 3. The zero-order chi connectivity index (χ0) is 22.5. The largest absolute Gasteiger partial charge is 0.487 e. The van der Waals surface area contributed by atoms with E-state index in [2.05, 4.69) is 39.1 Å². The van der Waals surface area contributed by atoms with Gasteiger partial charge in [0.15, 0.2) is 0 Å². The van der Waals surface area contributed by atoms with Crippen LogP contribution in [0.25, 0.3) is 0 Å². The molecule has 0 unspecified atom stereocenters. The SMILES string of the molecule is Cc1ccc(C)c(OCc2nc(N3CCC(Cc4ccccc4)CC3)ncc2C(=O)O)c1. The van der Waals surface area contributed by atoms with Crippen molar-refractivity contribution in [3.8, 4) is 5.75 Å². The monoisotopic (exact) mass is 431 g/mol. The average Bonchev–Trinajstić information content (AvgIpc) is 2.80. The van der Waals surface area contributed by atoms with E-state index in [1.54, 1.807) is 0 Å². The molecule has 0 saturated carbocycles. The number of carboxylic acid groups (broad SMARTS) is 1. The molecular weight excluding hydrogens is 402 g/mol. The number of carbonyl (C=O) groups is 1. The summed E-state index contributed by atoms with van der Waals surface area (Å²) >= 11 is 0. The third-order valence-electron chi connectivity index (χ3n) is 6.06. The number of rotatable bonds is 7. The van der Waals surface area contributed by atoms with Crippen LogP contribution < -0.4 is 9.64 Å². The van der Waals surface area contributed by atoms with Gasteiger partial charge in [-0.3, -0.25) is 0 Å². The van der Waals surface area contributed by atoms with Crippen molar-refractivity contribution in [2.24, 2.45) is 5.92 Å². The summed E-state index contributed by atoms with van der Waals surface area (Å²) in [6.45, 7) is 5.78. The van der Waals surface area contributed by atoms with Crippen molar-refractivity contribution in [1.82, 2.24) is 9.97 Å². The quantitative estimate of drug-likeness (QED) is 0.577. The van der Waals surface area contributed by atoms with E-state index in [0.717, 1.165) is 49.2 Å². The molecule has 32 heavy (non-hydrogen) atoms. The van der Waals surface area contributed by atoms with Crippen molar-refractivity contribution < 1.29 is 14.6 Å². The van der Waals surface area contributed by atoms with Crippen LogP contribution in [0.3, 0.4) is 0 Å². The van der Waals surface area contributed by atoms with Crippen LogP contribution in [0, 0.1) is 19.8 Å². The van der Waals surface area contributed by atoms with Crippen LogP contribution in [0.1, 0.15) is 45.6 Å². The molecule has 3 aromatic rings. The van der Waals surface area contributed by atoms with E-state index in [-0.39, 0.29) is 12.2 Å². The van der Waals surface area contributed by atoms with Gasteiger partial charge in [0, 0.05) is 19.3 Å². The number of anilines is 1. The van der Waals surface area contributed by atoms with E-state index in [4.69, 9.17) is 4.74 Å². The van der Waals surface area contributed by atoms with Crippen molar-refractivity contribution >= 4 is 11.9 Å². The van der Waals surface area contributed by atoms with E-state index < -0.39 is 5.97 Å². The number of ether oxygens (including phenoxy) is 1. The number of piperidine rings is 1. The zero-order valence-corrected chi connectivity index (χ0v) is 18.6. The van der Waals surface area contributed by atoms with Gasteiger partial charge in [-0.2, -0.15) is 0 Å². The Morgan fingerprint density at radius 3 is 2.59 bits per heavy atom. The molecule has 1 aliphatic heterocycles. The number of aryl methyl sites for hydroxylation is 2. The number of hydrogen-bond acceptors (Lipinski definition) is 5. The number of carboxylic acids is 1. The predicted molar refractivity (Wildman–Crippen MR) is 124 cm³/mol. The van der Waals surface area contributed by atoms with Gasteiger partial charge in [0.05, 0.1) is 5.69 Å². The van der Waals surface area contributed by atoms with Gasteiger partial charge in [-0.05, 0) is 61.8 Å². The van der Waals surface area contributed by atoms with Crippen LogP contribution in [-0.2, 0) is 13.0 Å². The van der Waals surface area contributed by atoms with Crippen molar-refractivity contribution in [3.05, 3.63) is 82.7 Å². The Morgan fingerprint density at radius 1 is 1.12 bits per heavy atom. The summed E-state index contributed by atoms with van der Waals surface area (Å²) in [4.78, 5) is 22.8. The third kappa shape index (κ3) is 5.25. The Kier molecular flexibility index (Phi) is 6.69. The molecule has 1 saturated heterocycles. The van der Waals surface area contributed by atoms with Crippen LogP contribution in [-0.4, -0.2) is 34.1 Å². The molecule has 4 rings (SSSR count). The lowest BCUT2D eigenvalue weighted by atomic mass is 9.90. The van der Waals surface area contributed by atoms with Crippen molar-refractivity contribution in [2.45, 2.75) is 39.7 Å². The van der Waals surface area contributed by atoms with Crippen LogP contribution in [0.15, 0.2) is 54.7 Å². The first kappa shape index (κ1) is 21.8. The predicted octanol–water partition coefficient (Wildman–Crippen LogP) is 4.83. The highest BCUT2D eigenvalue weighted by Gasteiger charge is 2.23. The first-order chi connectivity index (χ1) is 15.5. The van der Waals surface area contributed by atoms with Gasteiger partial charge in [-0.25, -0.2) is 14.8 Å². The molecule has 1 N–H and O–H groups in total. The summed E-state index contributed by atoms with van der Waals surface area (Å²) in [5.41, 5.74) is 3.94. The van der Waals surface area contributed by atoms with Crippen LogP contribution in [0.4, 0.5) is 5.95 Å². The molecule has 0 spiro atoms. The summed E-state index contributed by atoms with van der Waals surface area (Å²) in [6, 6.07) is 16.6. The molecule has 0 aliphatic carbocycles. The maximum Gasteiger partial charge on any atom is 0.339 e. The minimum Gasteiger partial charge on any atom is -0.487 e. The number of aromatic nitrogens is 2. The van der Waals surface area contributed by atoms with Gasteiger partial charge in [0.1, 0.15) is 17.9 Å². The number of hydrogen-bond donors (Lipinski definition) is 1. The van der Waals surface area contributed by atoms with Crippen LogP contribution in [0.5, 0.6) is 5.75 Å². The van der Waals surface area contributed by atoms with E-state index in [1.165, 1.54) is 11.8 Å². The molecule has 2 aromatic carbocycles. The summed E-state index contributed by atoms with van der Waals surface area (Å²) in [5.74, 6) is 0.910. The highest BCUT2D eigenvalue weighted by molar-refractivity contribution is 5.88. The van der Waals surface area contributed by atoms with Gasteiger partial charge < -0.3 is 14.7 Å². The standard InChI is InChI=1S/C26H29N3O3/c1-18-8-9-19(2)24(14-18)32-17-23-22(25(30)31)16-27-26(28-23)29-12-10-21(11-13-29)15-20-6-4-3-5-7-20/h3-9,14,16,21H,10-13,15,17H2,1-2H3,(H,30,31). The van der Waals surface area contributed by atoms with Crippen molar-refractivity contribution in [1.29, 1.82) is 0 Å². The molecule has 0 radical (unpaired) electrons. The summed E-state index contributed by atoms with van der Waals surface area (Å²) in [7, 11) is 0. The Labute approximate surface area is 188 Å². The van der Waals surface area contributed by atoms with Crippen molar-refractivity contribution in [3.63, 3.8) is 0 Å². The normalized spacial score (nSPS) is 14.4. The van der Waals surface area contributed by atoms with Crippen LogP contribution in [0.2, 0.25) is 0 Å². The molecule has 6 nitrogen and oxygen atoms in total. The lowest BCUT2D eigenvalue weighted by molar-refractivity contribution is 0.0692. The van der Waals surface area contributed by atoms with Gasteiger partial charge >= 0.3 is 5.97 Å². The molecule has 2 heterocycles. The fourth-order valence-corrected chi connectivity index (χ4v) is 4.14. The minimum atomic E-state index is -1.04. The molecule has 1 aliphatic rings. The molecule has 1 fully saturated rings. The average molecular weight is 432 g/mol. The zero-order valence-electron chi connectivity index (χ0n) is 18.6. The molecule has 0 atom stereocenters. The van der Waals surface area contributed by atoms with E-state index in [9.17, 15) is 9.90 Å². The number of aromatic carboxylic acids is 1. The second-order valence-electron chi connectivity index (χ2n) is 8.51. The lowest BCUT2D eigenvalue weighted by Gasteiger charge is -2.32. The first-order valence-corrected chi connectivity index (χ1v) is 11.1. The maximum atomic E-state index is 11.7. The third-order valence-corrected chi connectivity index (χ3v) is 6.06. The van der Waals surface area contributed by atoms with Crippen LogP contribution >= 0.6 is 0 Å². The summed E-state index contributed by atoms with van der Waals surface area (Å²) < 4.78 is 5.95. The highest BCUT2D eigenvalue weighted by Crippen LogP contribution is 2.25. The second kappa shape index (κ2) is 9.81. The summed E-state index contributed by atoms with van der Waals surface area (Å²) in [5, 5.41) is 9.59. The topological polar surface area (TPSA) is 75.5 Å². The molecule has 6 heteroatoms. The van der Waals surface area contributed by atoms with E-state index in [0.29, 0.717) is 17.6 Å². The fourth-order valence-electron chi connectivity index (χ4n) is 4.14. The second-order valence-corrected chi connectivity index (χ2v) is 8.51. The molecular formula is C26H29N3O3. The Morgan fingerprint density at radius 2 is 1.88 bits per heavy atom. The molecule has 0 amide bonds. The molecule has 0 bridgehead atoms. The smallest absolute Gasteiger partial charge is 0.339 e. The molecule has 1 aromatic heterocycles. The Hall–Kier alpha value is -3.41. The summed E-state index contributed by atoms with van der Waals surface area (Å²) in [6.07, 6.45) is 4.62. The van der Waals surface area contributed by atoms with Gasteiger partial charge in [-0.15, -0.1) is 0 Å². The Balaban J connectivity index is 1.44. The Bertz CT molecular complexity index is 1080. The van der Waals surface area contributed by atoms with Crippen molar-refractivity contribution in [2.75, 3.05) is 18.0 Å². The first-order valence-electron chi connectivity index (χ1n) is 11.1.